The lowest BCUT2D eigenvalue weighted by molar-refractivity contribution is -0.384. The molecule has 10 heteroatoms. The van der Waals surface area contributed by atoms with Gasteiger partial charge in [0.2, 0.25) is 5.95 Å². The van der Waals surface area contributed by atoms with Crippen molar-refractivity contribution in [2.75, 3.05) is 5.32 Å². The monoisotopic (exact) mass is 390 g/mol. The van der Waals surface area contributed by atoms with Crippen LogP contribution in [0.2, 0.25) is 0 Å². The predicted molar refractivity (Wildman–Crippen MR) is 95.4 cm³/mol. The molecule has 144 valence electrons. The molecule has 0 aliphatic rings. The molecule has 0 amide bonds. The van der Waals surface area contributed by atoms with E-state index >= 15 is 0 Å². The van der Waals surface area contributed by atoms with Gasteiger partial charge in [0.05, 0.1) is 11.5 Å². The van der Waals surface area contributed by atoms with Crippen molar-refractivity contribution in [2.45, 2.75) is 12.7 Å². The minimum Gasteiger partial charge on any atom is -0.326 e. The summed E-state index contributed by atoms with van der Waals surface area (Å²) < 4.78 is 40.3. The number of rotatable bonds is 5. The molecular weight excluding hydrogens is 377 g/mol. The number of anilines is 2. The number of halogens is 3. The van der Waals surface area contributed by atoms with E-state index in [-0.39, 0.29) is 23.9 Å². The summed E-state index contributed by atoms with van der Waals surface area (Å²) in [4.78, 5) is 26.0. The van der Waals surface area contributed by atoms with Gasteiger partial charge in [-0.3, -0.25) is 19.5 Å². The normalized spacial score (nSPS) is 11.2. The molecule has 1 aromatic heterocycles. The van der Waals surface area contributed by atoms with Crippen LogP contribution >= 0.6 is 0 Å². The maximum atomic E-state index is 13.1. The Bertz CT molecular complexity index is 1050. The van der Waals surface area contributed by atoms with Crippen LogP contribution < -0.4 is 10.9 Å². The quantitative estimate of drug-likeness (QED) is 0.526. The van der Waals surface area contributed by atoms with Gasteiger partial charge in [-0.1, -0.05) is 30.3 Å². The molecule has 0 atom stereocenters. The Morgan fingerprint density at radius 1 is 1.07 bits per heavy atom. The predicted octanol–water partition coefficient (Wildman–Crippen LogP) is 3.96. The van der Waals surface area contributed by atoms with Gasteiger partial charge in [-0.15, -0.1) is 0 Å². The molecule has 0 aliphatic carbocycles. The summed E-state index contributed by atoms with van der Waals surface area (Å²) in [5.74, 6) is -0.322. The third kappa shape index (κ3) is 4.34. The van der Waals surface area contributed by atoms with Crippen molar-refractivity contribution in [2.24, 2.45) is 0 Å². The molecule has 0 unspecified atom stereocenters. The summed E-state index contributed by atoms with van der Waals surface area (Å²) in [6.07, 6.45) is -4.79. The van der Waals surface area contributed by atoms with E-state index in [1.165, 1.54) is 24.3 Å². The number of non-ortho nitro benzene ring substituents is 1. The zero-order valence-corrected chi connectivity index (χ0v) is 14.2. The zero-order chi connectivity index (χ0) is 20.3. The molecule has 7 nitrogen and oxygen atoms in total. The van der Waals surface area contributed by atoms with Gasteiger partial charge in [0.25, 0.3) is 11.2 Å². The smallest absolute Gasteiger partial charge is 0.326 e. The van der Waals surface area contributed by atoms with E-state index in [0.717, 1.165) is 4.57 Å². The van der Waals surface area contributed by atoms with Gasteiger partial charge >= 0.3 is 6.18 Å². The first-order chi connectivity index (χ1) is 13.2. The Labute approximate surface area is 156 Å². The highest BCUT2D eigenvalue weighted by Gasteiger charge is 2.34. The molecule has 1 N–H and O–H groups in total. The van der Waals surface area contributed by atoms with Crippen molar-refractivity contribution in [3.63, 3.8) is 0 Å². The number of benzene rings is 2. The molecule has 0 fully saturated rings. The SMILES string of the molecule is O=c1cc(C(F)(F)F)nc(Nc2ccc([N+](=O)[O-])cc2)n1Cc1ccccc1. The van der Waals surface area contributed by atoms with Crippen molar-refractivity contribution < 1.29 is 18.1 Å². The number of hydrogen-bond acceptors (Lipinski definition) is 5. The van der Waals surface area contributed by atoms with E-state index in [2.05, 4.69) is 10.3 Å². The van der Waals surface area contributed by atoms with Gasteiger partial charge in [-0.05, 0) is 17.7 Å². The van der Waals surface area contributed by atoms with Crippen LogP contribution in [0.3, 0.4) is 0 Å². The van der Waals surface area contributed by atoms with Crippen molar-refractivity contribution >= 4 is 17.3 Å². The molecule has 3 rings (SSSR count). The first kappa shape index (κ1) is 19.1. The number of nitro benzene ring substituents is 1. The second kappa shape index (κ2) is 7.51. The van der Waals surface area contributed by atoms with Gasteiger partial charge in [0.1, 0.15) is 0 Å². The van der Waals surface area contributed by atoms with Crippen LogP contribution in [0.5, 0.6) is 0 Å². The van der Waals surface area contributed by atoms with Crippen LogP contribution in [0.1, 0.15) is 11.3 Å². The molecule has 0 aliphatic heterocycles. The number of hydrogen-bond donors (Lipinski definition) is 1. The van der Waals surface area contributed by atoms with Gasteiger partial charge in [-0.25, -0.2) is 4.98 Å². The third-order valence-corrected chi connectivity index (χ3v) is 3.82. The zero-order valence-electron chi connectivity index (χ0n) is 14.2. The van der Waals surface area contributed by atoms with E-state index in [9.17, 15) is 28.1 Å². The van der Waals surface area contributed by atoms with Crippen LogP contribution in [0, 0.1) is 10.1 Å². The van der Waals surface area contributed by atoms with Gasteiger partial charge in [0, 0.05) is 23.9 Å². The fourth-order valence-corrected chi connectivity index (χ4v) is 2.46. The highest BCUT2D eigenvalue weighted by molar-refractivity contribution is 5.56. The number of nitrogens with one attached hydrogen (secondary N) is 1. The fourth-order valence-electron chi connectivity index (χ4n) is 2.46. The molecule has 0 bridgehead atoms. The maximum absolute atomic E-state index is 13.1. The minimum absolute atomic E-state index is 0.000124. The summed E-state index contributed by atoms with van der Waals surface area (Å²) in [5.41, 5.74) is -1.44. The van der Waals surface area contributed by atoms with Crippen LogP contribution in [-0.4, -0.2) is 14.5 Å². The standard InChI is InChI=1S/C18H13F3N4O3/c19-18(20,21)15-10-16(26)24(11-12-4-2-1-3-5-12)17(23-15)22-13-6-8-14(9-7-13)25(27)28/h1-10H,11H2,(H,22,23). The van der Waals surface area contributed by atoms with Crippen molar-refractivity contribution in [1.29, 1.82) is 0 Å². The lowest BCUT2D eigenvalue weighted by Crippen LogP contribution is -2.27. The Morgan fingerprint density at radius 2 is 1.71 bits per heavy atom. The van der Waals surface area contributed by atoms with Crippen molar-refractivity contribution in [3.8, 4) is 0 Å². The molecule has 0 radical (unpaired) electrons. The molecule has 3 aromatic rings. The van der Waals surface area contributed by atoms with Crippen molar-refractivity contribution in [3.05, 3.63) is 92.4 Å². The Hall–Kier alpha value is -3.69. The second-order valence-electron chi connectivity index (χ2n) is 5.80. The van der Waals surface area contributed by atoms with E-state index in [0.29, 0.717) is 11.6 Å². The largest absolute Gasteiger partial charge is 0.433 e. The third-order valence-electron chi connectivity index (χ3n) is 3.82. The highest BCUT2D eigenvalue weighted by Crippen LogP contribution is 2.28. The van der Waals surface area contributed by atoms with E-state index in [4.69, 9.17) is 0 Å². The Kier molecular flexibility index (Phi) is 5.12. The maximum Gasteiger partial charge on any atom is 0.433 e. The van der Waals surface area contributed by atoms with Crippen LogP contribution in [0.4, 0.5) is 30.5 Å². The Morgan fingerprint density at radius 3 is 2.29 bits per heavy atom. The van der Waals surface area contributed by atoms with Crippen LogP contribution in [0.15, 0.2) is 65.5 Å². The minimum atomic E-state index is -4.79. The molecule has 28 heavy (non-hydrogen) atoms. The molecular formula is C18H13F3N4O3. The summed E-state index contributed by atoms with van der Waals surface area (Å²) in [6, 6.07) is 14.1. The first-order valence-electron chi connectivity index (χ1n) is 7.98. The Balaban J connectivity index is 2.03. The van der Waals surface area contributed by atoms with Gasteiger partial charge < -0.3 is 5.32 Å². The van der Waals surface area contributed by atoms with Crippen LogP contribution in [-0.2, 0) is 12.7 Å². The number of aromatic nitrogens is 2. The van der Waals surface area contributed by atoms with Crippen LogP contribution in [0.25, 0.3) is 0 Å². The number of nitrogens with zero attached hydrogens (tertiary/aromatic N) is 3. The lowest BCUT2D eigenvalue weighted by atomic mass is 10.2. The van der Waals surface area contributed by atoms with E-state index in [1.807, 2.05) is 0 Å². The van der Waals surface area contributed by atoms with E-state index < -0.39 is 22.4 Å². The average molecular weight is 390 g/mol. The summed E-state index contributed by atoms with van der Waals surface area (Å²) >= 11 is 0. The average Bonchev–Trinajstić information content (AvgIpc) is 2.65. The number of alkyl halides is 3. The molecule has 0 saturated carbocycles. The summed E-state index contributed by atoms with van der Waals surface area (Å²) in [5, 5.41) is 13.4. The summed E-state index contributed by atoms with van der Waals surface area (Å²) in [6.45, 7) is 0.000124. The van der Waals surface area contributed by atoms with Gasteiger partial charge in [0.15, 0.2) is 5.69 Å². The molecule has 1 heterocycles. The molecule has 0 spiro atoms. The number of nitro groups is 1. The second-order valence-corrected chi connectivity index (χ2v) is 5.80. The van der Waals surface area contributed by atoms with Crippen molar-refractivity contribution in [1.82, 2.24) is 9.55 Å². The summed E-state index contributed by atoms with van der Waals surface area (Å²) in [7, 11) is 0. The van der Waals surface area contributed by atoms with Gasteiger partial charge in [-0.2, -0.15) is 13.2 Å². The van der Waals surface area contributed by atoms with E-state index in [1.54, 1.807) is 30.3 Å². The fraction of sp³-hybridized carbons (Fsp3) is 0.111. The molecule has 2 aromatic carbocycles. The first-order valence-corrected chi connectivity index (χ1v) is 7.98. The highest BCUT2D eigenvalue weighted by atomic mass is 19.4. The molecule has 0 saturated heterocycles. The lowest BCUT2D eigenvalue weighted by Gasteiger charge is -2.16. The topological polar surface area (TPSA) is 90.1 Å².